The predicted molar refractivity (Wildman–Crippen MR) is 161 cm³/mol. The van der Waals surface area contributed by atoms with Crippen molar-refractivity contribution in [2.24, 2.45) is 7.05 Å². The normalized spacial score (nSPS) is 13.4. The highest BCUT2D eigenvalue weighted by Gasteiger charge is 2.39. The van der Waals surface area contributed by atoms with E-state index in [2.05, 4.69) is 20.4 Å². The van der Waals surface area contributed by atoms with Gasteiger partial charge in [0.2, 0.25) is 0 Å². The Balaban J connectivity index is 1.51. The fourth-order valence-electron chi connectivity index (χ4n) is 5.79. The van der Waals surface area contributed by atoms with E-state index in [9.17, 15) is 22.8 Å². The molecule has 0 unspecified atom stereocenters. The number of benzene rings is 2. The molecular formula is C32H30F3N7O3. The van der Waals surface area contributed by atoms with Crippen molar-refractivity contribution >= 4 is 28.4 Å². The smallest absolute Gasteiger partial charge is 0.435 e. The zero-order valence-electron chi connectivity index (χ0n) is 25.0. The van der Waals surface area contributed by atoms with Crippen LogP contribution in [0.2, 0.25) is 0 Å². The van der Waals surface area contributed by atoms with E-state index >= 15 is 0 Å². The molecule has 0 spiro atoms. The first-order chi connectivity index (χ1) is 21.4. The number of nitrogens with one attached hydrogen (secondary N) is 1. The number of imidazole rings is 1. The zero-order chi connectivity index (χ0) is 32.0. The van der Waals surface area contributed by atoms with Gasteiger partial charge in [-0.2, -0.15) is 18.3 Å². The molecule has 1 aliphatic heterocycles. The van der Waals surface area contributed by atoms with Gasteiger partial charge in [0.05, 0.1) is 30.2 Å². The molecule has 1 N–H and O–H groups in total. The molecule has 0 fully saturated rings. The molecule has 10 nitrogen and oxygen atoms in total. The second-order valence-corrected chi connectivity index (χ2v) is 11.2. The number of rotatable bonds is 7. The van der Waals surface area contributed by atoms with Gasteiger partial charge in [-0.15, -0.1) is 0 Å². The van der Waals surface area contributed by atoms with Crippen molar-refractivity contribution in [1.82, 2.24) is 29.6 Å². The molecule has 0 saturated heterocycles. The van der Waals surface area contributed by atoms with Crippen molar-refractivity contribution in [3.63, 3.8) is 0 Å². The molecule has 6 rings (SSSR count). The predicted octanol–water partition coefficient (Wildman–Crippen LogP) is 5.25. The molecule has 2 aromatic carbocycles. The Kier molecular flexibility index (Phi) is 7.55. The van der Waals surface area contributed by atoms with Crippen LogP contribution in [0, 0.1) is 0 Å². The monoisotopic (exact) mass is 617 g/mol. The van der Waals surface area contributed by atoms with Crippen molar-refractivity contribution in [1.29, 1.82) is 0 Å². The number of fused-ring (bicyclic) bond motifs is 2. The maximum absolute atomic E-state index is 14.3. The summed E-state index contributed by atoms with van der Waals surface area (Å²) >= 11 is 0. The average molecular weight is 618 g/mol. The molecule has 0 aliphatic carbocycles. The van der Waals surface area contributed by atoms with Crippen molar-refractivity contribution in [3.05, 3.63) is 89.4 Å². The number of carbonyl (C=O) groups excluding carboxylic acids is 2. The number of halogens is 3. The summed E-state index contributed by atoms with van der Waals surface area (Å²) in [5, 5.41) is 7.12. The number of anilines is 1. The summed E-state index contributed by atoms with van der Waals surface area (Å²) in [7, 11) is 2.92. The summed E-state index contributed by atoms with van der Waals surface area (Å²) in [5.41, 5.74) is 1.83. The highest BCUT2D eigenvalue weighted by atomic mass is 19.4. The molecule has 232 valence electrons. The first-order valence-electron chi connectivity index (χ1n) is 14.3. The van der Waals surface area contributed by atoms with Gasteiger partial charge in [-0.05, 0) is 67.3 Å². The van der Waals surface area contributed by atoms with Crippen LogP contribution in [0.4, 0.5) is 18.9 Å². The van der Waals surface area contributed by atoms with Crippen LogP contribution < -0.4 is 15.0 Å². The van der Waals surface area contributed by atoms with Crippen LogP contribution in [0.1, 0.15) is 51.4 Å². The SMILES string of the molecule is COc1cc(C(=O)NC(C)C)c2nccc(N3CCc4c(cc(Cn5ccnc5)cc4-c4cn(C)nc4C(F)(F)F)C3=O)c2c1. The summed E-state index contributed by atoms with van der Waals surface area (Å²) < 4.78 is 50.7. The number of hydrogen-bond donors (Lipinski definition) is 1. The molecule has 0 bridgehead atoms. The summed E-state index contributed by atoms with van der Waals surface area (Å²) in [5.74, 6) is -0.304. The minimum absolute atomic E-state index is 0.0881. The fourth-order valence-corrected chi connectivity index (χ4v) is 5.79. The molecule has 0 radical (unpaired) electrons. The standard InChI is InChI=1S/C32H30F3N7O3/c1-18(2)38-30(43)25-14-20(45-4)13-24-27(5-7-37-28(24)25)42-9-6-21-22(26-16-40(3)39-29(26)32(33,34)35)11-19(12-23(21)31(42)44)15-41-10-8-36-17-41/h5,7-8,10-14,16-18H,6,9,15H2,1-4H3,(H,38,43). The topological polar surface area (TPSA) is 107 Å². The molecule has 45 heavy (non-hydrogen) atoms. The Morgan fingerprint density at radius 3 is 2.58 bits per heavy atom. The number of methoxy groups -OCH3 is 1. The van der Waals surface area contributed by atoms with E-state index in [1.165, 1.54) is 26.6 Å². The summed E-state index contributed by atoms with van der Waals surface area (Å²) in [6.45, 7) is 4.17. The van der Waals surface area contributed by atoms with Crippen LogP contribution in [-0.4, -0.2) is 55.8 Å². The maximum atomic E-state index is 14.3. The van der Waals surface area contributed by atoms with Gasteiger partial charge in [0, 0.05) is 67.5 Å². The van der Waals surface area contributed by atoms with Gasteiger partial charge in [0.1, 0.15) is 5.75 Å². The fraction of sp³-hybridized carbons (Fsp3) is 0.281. The van der Waals surface area contributed by atoms with Gasteiger partial charge in [0.15, 0.2) is 5.69 Å². The maximum Gasteiger partial charge on any atom is 0.435 e. The largest absolute Gasteiger partial charge is 0.497 e. The van der Waals surface area contributed by atoms with Crippen LogP contribution in [-0.2, 0) is 26.2 Å². The Hall–Kier alpha value is -5.20. The van der Waals surface area contributed by atoms with Crippen LogP contribution >= 0.6 is 0 Å². The quantitative estimate of drug-likeness (QED) is 0.268. The molecule has 1 aliphatic rings. The van der Waals surface area contributed by atoms with E-state index in [1.807, 2.05) is 13.8 Å². The minimum atomic E-state index is -4.69. The Bertz CT molecular complexity index is 1930. The third-order valence-corrected chi connectivity index (χ3v) is 7.67. The van der Waals surface area contributed by atoms with E-state index in [1.54, 1.807) is 58.5 Å². The number of pyridine rings is 1. The van der Waals surface area contributed by atoms with Gasteiger partial charge in [-0.1, -0.05) is 0 Å². The number of alkyl halides is 3. The lowest BCUT2D eigenvalue weighted by atomic mass is 9.87. The highest BCUT2D eigenvalue weighted by Crippen LogP contribution is 2.41. The molecule has 0 atom stereocenters. The van der Waals surface area contributed by atoms with Crippen molar-refractivity contribution in [2.45, 2.75) is 39.0 Å². The molecule has 5 aromatic rings. The molecule has 13 heteroatoms. The number of nitrogens with zero attached hydrogens (tertiary/aromatic N) is 6. The minimum Gasteiger partial charge on any atom is -0.497 e. The molecular weight excluding hydrogens is 587 g/mol. The lowest BCUT2D eigenvalue weighted by molar-refractivity contribution is -0.141. The highest BCUT2D eigenvalue weighted by molar-refractivity contribution is 6.15. The number of amides is 2. The van der Waals surface area contributed by atoms with Crippen LogP contribution in [0.3, 0.4) is 0 Å². The first-order valence-corrected chi connectivity index (χ1v) is 14.3. The number of hydrogen-bond acceptors (Lipinski definition) is 6. The lowest BCUT2D eigenvalue weighted by Gasteiger charge is -2.31. The van der Waals surface area contributed by atoms with Crippen molar-refractivity contribution in [3.8, 4) is 16.9 Å². The van der Waals surface area contributed by atoms with Gasteiger partial charge in [0.25, 0.3) is 11.8 Å². The molecule has 2 amide bonds. The van der Waals surface area contributed by atoms with Gasteiger partial charge >= 0.3 is 6.18 Å². The Morgan fingerprint density at radius 2 is 1.89 bits per heavy atom. The second-order valence-electron chi connectivity index (χ2n) is 11.2. The number of aryl methyl sites for hydroxylation is 1. The number of ether oxygens (including phenoxy) is 1. The molecule has 0 saturated carbocycles. The van der Waals surface area contributed by atoms with Crippen molar-refractivity contribution < 1.29 is 27.5 Å². The molecule has 4 heterocycles. The number of aromatic nitrogens is 5. The summed E-state index contributed by atoms with van der Waals surface area (Å²) in [6, 6.07) is 8.31. The van der Waals surface area contributed by atoms with Crippen LogP contribution in [0.5, 0.6) is 5.75 Å². The zero-order valence-corrected chi connectivity index (χ0v) is 25.0. The van der Waals surface area contributed by atoms with E-state index in [-0.39, 0.29) is 41.9 Å². The van der Waals surface area contributed by atoms with Gasteiger partial charge < -0.3 is 19.5 Å². The Morgan fingerprint density at radius 1 is 1.11 bits per heavy atom. The van der Waals surface area contributed by atoms with Crippen molar-refractivity contribution in [2.75, 3.05) is 18.6 Å². The van der Waals surface area contributed by atoms with Crippen LogP contribution in [0.15, 0.2) is 61.4 Å². The van der Waals surface area contributed by atoms with E-state index in [4.69, 9.17) is 4.74 Å². The van der Waals surface area contributed by atoms with E-state index in [0.29, 0.717) is 51.1 Å². The average Bonchev–Trinajstić information content (AvgIpc) is 3.65. The third kappa shape index (κ3) is 5.61. The van der Waals surface area contributed by atoms with Gasteiger partial charge in [-0.25, -0.2) is 4.98 Å². The van der Waals surface area contributed by atoms with E-state index < -0.39 is 11.9 Å². The number of carbonyl (C=O) groups is 2. The third-order valence-electron chi connectivity index (χ3n) is 7.67. The summed E-state index contributed by atoms with van der Waals surface area (Å²) in [4.78, 5) is 37.6. The van der Waals surface area contributed by atoms with Gasteiger partial charge in [-0.3, -0.25) is 19.3 Å². The van der Waals surface area contributed by atoms with Crippen LogP contribution in [0.25, 0.3) is 22.0 Å². The lowest BCUT2D eigenvalue weighted by Crippen LogP contribution is -2.38. The first kappa shape index (κ1) is 29.9. The summed E-state index contributed by atoms with van der Waals surface area (Å²) in [6.07, 6.45) is 3.40. The van der Waals surface area contributed by atoms with E-state index in [0.717, 1.165) is 4.68 Å². The Labute approximate surface area is 256 Å². The molecule has 3 aromatic heterocycles. The second kappa shape index (κ2) is 11.4.